The van der Waals surface area contributed by atoms with Crippen molar-refractivity contribution in [1.29, 1.82) is 0 Å². The molecular formula is C14H24N2. The van der Waals surface area contributed by atoms with E-state index in [0.717, 1.165) is 24.5 Å². The van der Waals surface area contributed by atoms with Gasteiger partial charge in [0, 0.05) is 24.5 Å². The van der Waals surface area contributed by atoms with Crippen LogP contribution in [0.4, 0.5) is 0 Å². The molecule has 0 aromatic heterocycles. The molecule has 2 heteroatoms. The highest BCUT2D eigenvalue weighted by molar-refractivity contribution is 4.95. The van der Waals surface area contributed by atoms with Crippen molar-refractivity contribution in [2.75, 3.05) is 13.6 Å². The highest BCUT2D eigenvalue weighted by atomic mass is 15.2. The first-order chi connectivity index (χ1) is 7.85. The second-order valence-corrected chi connectivity index (χ2v) is 5.24. The van der Waals surface area contributed by atoms with Crippen LogP contribution in [-0.4, -0.2) is 36.6 Å². The zero-order valence-corrected chi connectivity index (χ0v) is 10.4. The Kier molecular flexibility index (Phi) is 4.26. The number of rotatable bonds is 4. The molecule has 0 aromatic carbocycles. The molecule has 2 rings (SSSR count). The van der Waals surface area contributed by atoms with Crippen molar-refractivity contribution >= 4 is 0 Å². The lowest BCUT2D eigenvalue weighted by atomic mass is 9.81. The maximum absolute atomic E-state index is 5.32. The standard InChI is InChI=1S/C14H24N2/c1-3-4-5-9-16-13-7-6-8-14(16)11-12(10-13)15-2/h1,12-15H,4-11H2,2H3. The Morgan fingerprint density at radius 1 is 1.31 bits per heavy atom. The van der Waals surface area contributed by atoms with Crippen molar-refractivity contribution in [2.45, 2.75) is 63.1 Å². The first-order valence-corrected chi connectivity index (χ1v) is 6.71. The number of hydrogen-bond acceptors (Lipinski definition) is 2. The summed E-state index contributed by atoms with van der Waals surface area (Å²) >= 11 is 0. The number of unbranched alkanes of at least 4 members (excludes halogenated alkanes) is 1. The molecule has 0 saturated carbocycles. The Bertz CT molecular complexity index is 242. The van der Waals surface area contributed by atoms with Crippen LogP contribution in [0.3, 0.4) is 0 Å². The molecule has 0 aliphatic carbocycles. The minimum Gasteiger partial charge on any atom is -0.317 e. The second-order valence-electron chi connectivity index (χ2n) is 5.24. The maximum Gasteiger partial charge on any atom is 0.0113 e. The summed E-state index contributed by atoms with van der Waals surface area (Å²) in [4.78, 5) is 2.74. The topological polar surface area (TPSA) is 15.3 Å². The number of hydrogen-bond donors (Lipinski definition) is 1. The molecule has 2 aliphatic rings. The molecule has 0 radical (unpaired) electrons. The van der Waals surface area contributed by atoms with Crippen LogP contribution in [-0.2, 0) is 0 Å². The van der Waals surface area contributed by atoms with Crippen LogP contribution in [0.25, 0.3) is 0 Å². The SMILES string of the molecule is C#CCCCN1C2CCCC1CC(NC)C2. The van der Waals surface area contributed by atoms with Crippen LogP contribution in [0.2, 0.25) is 0 Å². The van der Waals surface area contributed by atoms with E-state index in [2.05, 4.69) is 23.2 Å². The Labute approximate surface area is 99.8 Å². The smallest absolute Gasteiger partial charge is 0.0113 e. The van der Waals surface area contributed by atoms with Gasteiger partial charge in [0.1, 0.15) is 0 Å². The van der Waals surface area contributed by atoms with E-state index in [-0.39, 0.29) is 0 Å². The van der Waals surface area contributed by atoms with Gasteiger partial charge in [0.25, 0.3) is 0 Å². The zero-order valence-electron chi connectivity index (χ0n) is 10.4. The molecule has 2 heterocycles. The zero-order chi connectivity index (χ0) is 11.4. The molecule has 2 bridgehead atoms. The van der Waals surface area contributed by atoms with Crippen LogP contribution in [0.5, 0.6) is 0 Å². The summed E-state index contributed by atoms with van der Waals surface area (Å²) < 4.78 is 0. The van der Waals surface area contributed by atoms with Crippen LogP contribution in [0.15, 0.2) is 0 Å². The molecule has 2 unspecified atom stereocenters. The molecular weight excluding hydrogens is 196 g/mol. The lowest BCUT2D eigenvalue weighted by Gasteiger charge is -2.49. The Morgan fingerprint density at radius 3 is 2.56 bits per heavy atom. The molecule has 0 aromatic rings. The summed E-state index contributed by atoms with van der Waals surface area (Å²) in [6, 6.07) is 2.39. The minimum atomic E-state index is 0.749. The molecule has 1 N–H and O–H groups in total. The molecule has 2 saturated heterocycles. The van der Waals surface area contributed by atoms with Gasteiger partial charge in [-0.15, -0.1) is 12.3 Å². The average Bonchev–Trinajstić information content (AvgIpc) is 2.28. The van der Waals surface area contributed by atoms with Crippen LogP contribution < -0.4 is 5.32 Å². The monoisotopic (exact) mass is 220 g/mol. The minimum absolute atomic E-state index is 0.749. The van der Waals surface area contributed by atoms with E-state index in [4.69, 9.17) is 6.42 Å². The van der Waals surface area contributed by atoms with Crippen molar-refractivity contribution in [3.8, 4) is 12.3 Å². The Hall–Kier alpha value is -0.520. The van der Waals surface area contributed by atoms with Crippen molar-refractivity contribution in [3.63, 3.8) is 0 Å². The third kappa shape index (κ3) is 2.59. The normalized spacial score (nSPS) is 34.6. The van der Waals surface area contributed by atoms with E-state index >= 15 is 0 Å². The van der Waals surface area contributed by atoms with Crippen molar-refractivity contribution < 1.29 is 0 Å². The Morgan fingerprint density at radius 2 is 2.00 bits per heavy atom. The highest BCUT2D eigenvalue weighted by Crippen LogP contribution is 2.33. The molecule has 2 atom stereocenters. The number of nitrogens with one attached hydrogen (secondary N) is 1. The van der Waals surface area contributed by atoms with Gasteiger partial charge < -0.3 is 5.32 Å². The molecule has 2 fully saturated rings. The van der Waals surface area contributed by atoms with Gasteiger partial charge in [-0.1, -0.05) is 6.42 Å². The third-order valence-electron chi connectivity index (χ3n) is 4.27. The first-order valence-electron chi connectivity index (χ1n) is 6.71. The van der Waals surface area contributed by atoms with Crippen LogP contribution in [0, 0.1) is 12.3 Å². The number of nitrogens with zero attached hydrogens (tertiary/aromatic N) is 1. The fourth-order valence-electron chi connectivity index (χ4n) is 3.44. The largest absolute Gasteiger partial charge is 0.317 e. The van der Waals surface area contributed by atoms with Crippen LogP contribution in [0.1, 0.15) is 44.9 Å². The second kappa shape index (κ2) is 5.70. The van der Waals surface area contributed by atoms with Gasteiger partial charge in [0.15, 0.2) is 0 Å². The van der Waals surface area contributed by atoms with Gasteiger partial charge in [0.2, 0.25) is 0 Å². The number of piperidine rings is 2. The van der Waals surface area contributed by atoms with E-state index in [0.29, 0.717) is 0 Å². The van der Waals surface area contributed by atoms with E-state index in [1.165, 1.54) is 45.1 Å². The van der Waals surface area contributed by atoms with Gasteiger partial charge in [-0.05, 0) is 45.7 Å². The van der Waals surface area contributed by atoms with E-state index in [1.54, 1.807) is 0 Å². The van der Waals surface area contributed by atoms with Crippen molar-refractivity contribution in [1.82, 2.24) is 10.2 Å². The number of terminal acetylenes is 1. The lowest BCUT2D eigenvalue weighted by Crippen LogP contribution is -2.55. The molecule has 2 nitrogen and oxygen atoms in total. The number of fused-ring (bicyclic) bond motifs is 2. The fourth-order valence-corrected chi connectivity index (χ4v) is 3.44. The summed E-state index contributed by atoms with van der Waals surface area (Å²) in [6.07, 6.45) is 14.3. The molecule has 0 amide bonds. The summed E-state index contributed by atoms with van der Waals surface area (Å²) in [6.45, 7) is 1.22. The maximum atomic E-state index is 5.32. The molecule has 0 spiro atoms. The van der Waals surface area contributed by atoms with Crippen LogP contribution >= 0.6 is 0 Å². The van der Waals surface area contributed by atoms with Crippen molar-refractivity contribution in [2.24, 2.45) is 0 Å². The average molecular weight is 220 g/mol. The van der Waals surface area contributed by atoms with Gasteiger partial charge in [-0.25, -0.2) is 0 Å². The predicted octanol–water partition coefficient (Wildman–Crippen LogP) is 2.00. The van der Waals surface area contributed by atoms with E-state index in [1.807, 2.05) is 0 Å². The fraction of sp³-hybridized carbons (Fsp3) is 0.857. The van der Waals surface area contributed by atoms with Gasteiger partial charge in [0.05, 0.1) is 0 Å². The molecule has 16 heavy (non-hydrogen) atoms. The summed E-state index contributed by atoms with van der Waals surface area (Å²) in [5.41, 5.74) is 0. The summed E-state index contributed by atoms with van der Waals surface area (Å²) in [7, 11) is 2.11. The first kappa shape index (κ1) is 12.0. The Balaban J connectivity index is 1.90. The van der Waals surface area contributed by atoms with E-state index in [9.17, 15) is 0 Å². The van der Waals surface area contributed by atoms with E-state index < -0.39 is 0 Å². The van der Waals surface area contributed by atoms with Crippen molar-refractivity contribution in [3.05, 3.63) is 0 Å². The highest BCUT2D eigenvalue weighted by Gasteiger charge is 2.36. The molecule has 2 aliphatic heterocycles. The summed E-state index contributed by atoms with van der Waals surface area (Å²) in [5.74, 6) is 2.75. The van der Waals surface area contributed by atoms with Gasteiger partial charge >= 0.3 is 0 Å². The van der Waals surface area contributed by atoms with Gasteiger partial charge in [-0.3, -0.25) is 4.90 Å². The van der Waals surface area contributed by atoms with Gasteiger partial charge in [-0.2, -0.15) is 0 Å². The quantitative estimate of drug-likeness (QED) is 0.576. The lowest BCUT2D eigenvalue weighted by molar-refractivity contribution is 0.0255. The predicted molar refractivity (Wildman–Crippen MR) is 68.3 cm³/mol. The third-order valence-corrected chi connectivity index (χ3v) is 4.27. The summed E-state index contributed by atoms with van der Waals surface area (Å²) in [5, 5.41) is 3.46. The molecule has 90 valence electrons.